The molecule has 1 atom stereocenters. The number of carbonyl (C=O) groups is 1. The van der Waals surface area contributed by atoms with Crippen LogP contribution in [0.3, 0.4) is 0 Å². The van der Waals surface area contributed by atoms with Gasteiger partial charge in [0.15, 0.2) is 0 Å². The van der Waals surface area contributed by atoms with Gasteiger partial charge in [-0.25, -0.2) is 5.10 Å². The summed E-state index contributed by atoms with van der Waals surface area (Å²) in [7, 11) is 0. The largest absolute Gasteiger partial charge is 0.345 e. The van der Waals surface area contributed by atoms with Crippen LogP contribution >= 0.6 is 15.9 Å². The molecule has 5 nitrogen and oxygen atoms in total. The van der Waals surface area contributed by atoms with Gasteiger partial charge in [-0.2, -0.15) is 5.10 Å². The summed E-state index contributed by atoms with van der Waals surface area (Å²) >= 11 is 3.42. The molecule has 0 aliphatic heterocycles. The number of nitrogens with zero attached hydrogens (tertiary/aromatic N) is 1. The lowest BCUT2D eigenvalue weighted by Crippen LogP contribution is -2.49. The number of nitrogens with one attached hydrogen (secondary N) is 2. The number of hydrogen-bond acceptors (Lipinski definition) is 3. The molecule has 1 aromatic heterocycles. The summed E-state index contributed by atoms with van der Waals surface area (Å²) in [6, 6.07) is 2.66. The number of amides is 1. The van der Waals surface area contributed by atoms with Gasteiger partial charge < -0.3 is 5.32 Å². The van der Waals surface area contributed by atoms with Gasteiger partial charge in [0, 0.05) is 16.4 Å². The third kappa shape index (κ3) is 3.16. The number of carbonyl (C=O) groups excluding carboxylic acids is 1. The molecular formula is C10H14BrN3O2. The fraction of sp³-hybridized carbons (Fsp3) is 0.500. The minimum atomic E-state index is -0.394. The highest BCUT2D eigenvalue weighted by Crippen LogP contribution is 2.16. The van der Waals surface area contributed by atoms with Gasteiger partial charge in [0.05, 0.1) is 0 Å². The van der Waals surface area contributed by atoms with Crippen LogP contribution in [0.15, 0.2) is 16.9 Å². The van der Waals surface area contributed by atoms with Crippen molar-refractivity contribution in [1.29, 1.82) is 0 Å². The Kier molecular flexibility index (Phi) is 3.85. The number of halogens is 1. The van der Waals surface area contributed by atoms with Crippen LogP contribution in [0, 0.1) is 0 Å². The van der Waals surface area contributed by atoms with Crippen molar-refractivity contribution in [3.05, 3.63) is 28.2 Å². The Hall–Kier alpha value is -1.17. The summed E-state index contributed by atoms with van der Waals surface area (Å²) in [4.78, 5) is 22.7. The van der Waals surface area contributed by atoms with Crippen molar-refractivity contribution >= 4 is 21.8 Å². The SMILES string of the molecule is CC(Br)C(C)(C)NC(=O)c1ccc(=O)[nH]n1. The Morgan fingerprint density at radius 1 is 1.56 bits per heavy atom. The van der Waals surface area contributed by atoms with Gasteiger partial charge in [0.2, 0.25) is 0 Å². The van der Waals surface area contributed by atoms with E-state index in [1.165, 1.54) is 12.1 Å². The molecule has 0 radical (unpaired) electrons. The number of alkyl halides is 1. The average Bonchev–Trinajstić information content (AvgIpc) is 2.17. The molecule has 0 aromatic carbocycles. The first-order chi connectivity index (χ1) is 7.33. The lowest BCUT2D eigenvalue weighted by Gasteiger charge is -2.28. The fourth-order valence-corrected chi connectivity index (χ4v) is 1.04. The number of H-pyrrole nitrogens is 1. The van der Waals surface area contributed by atoms with E-state index in [9.17, 15) is 9.59 Å². The maximum absolute atomic E-state index is 11.8. The van der Waals surface area contributed by atoms with E-state index in [2.05, 4.69) is 31.4 Å². The zero-order chi connectivity index (χ0) is 12.3. The van der Waals surface area contributed by atoms with Crippen molar-refractivity contribution in [1.82, 2.24) is 15.5 Å². The van der Waals surface area contributed by atoms with E-state index < -0.39 is 5.54 Å². The molecule has 0 fully saturated rings. The predicted octanol–water partition coefficient (Wildman–Crippen LogP) is 1.06. The molecule has 1 amide bonds. The summed E-state index contributed by atoms with van der Waals surface area (Å²) in [5.74, 6) is -0.312. The maximum atomic E-state index is 11.8. The highest BCUT2D eigenvalue weighted by Gasteiger charge is 2.26. The normalized spacial score (nSPS) is 13.2. The Labute approximate surface area is 102 Å². The van der Waals surface area contributed by atoms with Crippen molar-refractivity contribution in [2.24, 2.45) is 0 Å². The molecule has 2 N–H and O–H groups in total. The van der Waals surface area contributed by atoms with Crippen LogP contribution in [-0.4, -0.2) is 26.5 Å². The summed E-state index contributed by atoms with van der Waals surface area (Å²) in [5, 5.41) is 8.70. The summed E-state index contributed by atoms with van der Waals surface area (Å²) in [5.41, 5.74) is -0.528. The zero-order valence-electron chi connectivity index (χ0n) is 9.37. The Balaban J connectivity index is 2.80. The van der Waals surface area contributed by atoms with E-state index in [-0.39, 0.29) is 22.0 Å². The number of rotatable bonds is 3. The number of aromatic nitrogens is 2. The van der Waals surface area contributed by atoms with E-state index in [0.717, 1.165) is 0 Å². The zero-order valence-corrected chi connectivity index (χ0v) is 11.0. The van der Waals surface area contributed by atoms with Crippen molar-refractivity contribution in [2.45, 2.75) is 31.1 Å². The van der Waals surface area contributed by atoms with Gasteiger partial charge in [0.25, 0.3) is 11.5 Å². The Bertz CT molecular complexity index is 419. The van der Waals surface area contributed by atoms with Crippen LogP contribution in [0.25, 0.3) is 0 Å². The lowest BCUT2D eigenvalue weighted by molar-refractivity contribution is 0.0907. The first-order valence-corrected chi connectivity index (χ1v) is 5.77. The van der Waals surface area contributed by atoms with Gasteiger partial charge in [-0.15, -0.1) is 0 Å². The smallest absolute Gasteiger partial charge is 0.272 e. The summed E-state index contributed by atoms with van der Waals surface area (Å²) in [6.45, 7) is 5.74. The standard InChI is InChI=1S/C10H14BrN3O2/c1-6(11)10(2,3)12-9(16)7-4-5-8(15)14-13-7/h4-6H,1-3H3,(H,12,16)(H,14,15). The average molecular weight is 288 g/mol. The molecule has 0 aliphatic carbocycles. The molecule has 0 spiro atoms. The molecule has 1 aromatic rings. The third-order valence-electron chi connectivity index (χ3n) is 2.34. The van der Waals surface area contributed by atoms with Crippen molar-refractivity contribution in [3.8, 4) is 0 Å². The number of hydrogen-bond donors (Lipinski definition) is 2. The second-order valence-electron chi connectivity index (χ2n) is 4.10. The predicted molar refractivity (Wildman–Crippen MR) is 64.8 cm³/mol. The monoisotopic (exact) mass is 287 g/mol. The van der Waals surface area contributed by atoms with E-state index >= 15 is 0 Å². The van der Waals surface area contributed by atoms with Crippen LogP contribution in [0.1, 0.15) is 31.3 Å². The van der Waals surface area contributed by atoms with Crippen LogP contribution in [0.5, 0.6) is 0 Å². The molecule has 1 heterocycles. The molecule has 0 aliphatic rings. The molecule has 6 heteroatoms. The second-order valence-corrected chi connectivity index (χ2v) is 5.47. The quantitative estimate of drug-likeness (QED) is 0.817. The number of aromatic amines is 1. The van der Waals surface area contributed by atoms with Crippen molar-refractivity contribution < 1.29 is 4.79 Å². The summed E-state index contributed by atoms with van der Waals surface area (Å²) < 4.78 is 0. The summed E-state index contributed by atoms with van der Waals surface area (Å²) in [6.07, 6.45) is 0. The van der Waals surface area contributed by atoms with Gasteiger partial charge in [-0.05, 0) is 19.9 Å². The first kappa shape index (κ1) is 12.9. The Morgan fingerprint density at radius 3 is 2.62 bits per heavy atom. The minimum absolute atomic E-state index is 0.117. The third-order valence-corrected chi connectivity index (χ3v) is 3.49. The van der Waals surface area contributed by atoms with E-state index in [4.69, 9.17) is 0 Å². The minimum Gasteiger partial charge on any atom is -0.345 e. The molecule has 0 saturated heterocycles. The van der Waals surface area contributed by atoms with Crippen LogP contribution in [0.2, 0.25) is 0 Å². The van der Waals surface area contributed by atoms with E-state index in [1.807, 2.05) is 20.8 Å². The van der Waals surface area contributed by atoms with E-state index in [1.54, 1.807) is 0 Å². The van der Waals surface area contributed by atoms with Crippen molar-refractivity contribution in [3.63, 3.8) is 0 Å². The molecule has 88 valence electrons. The highest BCUT2D eigenvalue weighted by atomic mass is 79.9. The fourth-order valence-electron chi connectivity index (χ4n) is 0.927. The maximum Gasteiger partial charge on any atom is 0.272 e. The van der Waals surface area contributed by atoms with Crippen molar-refractivity contribution in [2.75, 3.05) is 0 Å². The topological polar surface area (TPSA) is 74.8 Å². The van der Waals surface area contributed by atoms with Crippen LogP contribution in [0.4, 0.5) is 0 Å². The van der Waals surface area contributed by atoms with Gasteiger partial charge in [-0.3, -0.25) is 9.59 Å². The lowest BCUT2D eigenvalue weighted by atomic mass is 10.0. The van der Waals surface area contributed by atoms with Gasteiger partial charge >= 0.3 is 0 Å². The van der Waals surface area contributed by atoms with Gasteiger partial charge in [0.1, 0.15) is 5.69 Å². The molecule has 0 saturated carbocycles. The molecule has 16 heavy (non-hydrogen) atoms. The molecule has 1 unspecified atom stereocenters. The molecule has 1 rings (SSSR count). The van der Waals surface area contributed by atoms with Crippen LogP contribution in [-0.2, 0) is 0 Å². The van der Waals surface area contributed by atoms with Crippen LogP contribution < -0.4 is 10.9 Å². The van der Waals surface area contributed by atoms with E-state index in [0.29, 0.717) is 0 Å². The van der Waals surface area contributed by atoms with Gasteiger partial charge in [-0.1, -0.05) is 22.9 Å². The highest BCUT2D eigenvalue weighted by molar-refractivity contribution is 9.09. The first-order valence-electron chi connectivity index (χ1n) is 4.85. The molecular weight excluding hydrogens is 274 g/mol. The Morgan fingerprint density at radius 2 is 2.19 bits per heavy atom. The molecule has 0 bridgehead atoms. The second kappa shape index (κ2) is 4.78.